The second kappa shape index (κ2) is 4.78. The molecule has 0 saturated heterocycles. The molecule has 0 spiro atoms. The van der Waals surface area contributed by atoms with Gasteiger partial charge in [-0.05, 0) is 23.8 Å². The predicted octanol–water partition coefficient (Wildman–Crippen LogP) is 2.53. The molecule has 2 heterocycles. The van der Waals surface area contributed by atoms with Crippen LogP contribution in [0.4, 0.5) is 4.39 Å². The lowest BCUT2D eigenvalue weighted by molar-refractivity contribution is 0.531. The molecule has 3 rings (SSSR count). The second-order valence-electron chi connectivity index (χ2n) is 4.20. The number of hydrogen-bond donors (Lipinski definition) is 1. The molecule has 0 saturated carbocycles. The van der Waals surface area contributed by atoms with E-state index in [9.17, 15) is 4.39 Å². The molecule has 3 aromatic rings. The van der Waals surface area contributed by atoms with Gasteiger partial charge in [0.15, 0.2) is 17.1 Å². The van der Waals surface area contributed by atoms with E-state index in [2.05, 4.69) is 9.97 Å². The molecule has 2 aromatic heterocycles. The van der Waals surface area contributed by atoms with E-state index >= 15 is 0 Å². The van der Waals surface area contributed by atoms with E-state index in [-0.39, 0.29) is 5.82 Å². The third-order valence-electron chi connectivity index (χ3n) is 2.81. The summed E-state index contributed by atoms with van der Waals surface area (Å²) in [7, 11) is 0. The summed E-state index contributed by atoms with van der Waals surface area (Å²) in [5, 5.41) is 0. The Morgan fingerprint density at radius 1 is 1.21 bits per heavy atom. The van der Waals surface area contributed by atoms with E-state index in [1.54, 1.807) is 12.3 Å². The first kappa shape index (κ1) is 11.8. The number of benzene rings is 1. The van der Waals surface area contributed by atoms with Crippen molar-refractivity contribution in [1.82, 2.24) is 9.97 Å². The molecule has 5 heteroatoms. The number of pyridine rings is 1. The number of oxazole rings is 1. The van der Waals surface area contributed by atoms with Gasteiger partial charge in [-0.25, -0.2) is 9.37 Å². The quantitative estimate of drug-likeness (QED) is 0.783. The summed E-state index contributed by atoms with van der Waals surface area (Å²) in [4.78, 5) is 8.44. The molecule has 0 aliphatic heterocycles. The zero-order valence-corrected chi connectivity index (χ0v) is 10.1. The zero-order valence-electron chi connectivity index (χ0n) is 10.1. The minimum absolute atomic E-state index is 0.279. The number of fused-ring (bicyclic) bond motifs is 1. The van der Waals surface area contributed by atoms with Crippen molar-refractivity contribution in [2.24, 2.45) is 5.73 Å². The van der Waals surface area contributed by atoms with Crippen LogP contribution in [0.1, 0.15) is 5.89 Å². The highest BCUT2D eigenvalue weighted by Gasteiger charge is 2.08. The number of halogens is 1. The smallest absolute Gasteiger partial charge is 0.198 e. The lowest BCUT2D eigenvalue weighted by Crippen LogP contribution is -2.02. The Labute approximate surface area is 109 Å². The molecule has 0 radical (unpaired) electrons. The van der Waals surface area contributed by atoms with Crippen molar-refractivity contribution in [3.05, 3.63) is 48.2 Å². The summed E-state index contributed by atoms with van der Waals surface area (Å²) < 4.78 is 18.8. The molecule has 0 unspecified atom stereocenters. The van der Waals surface area contributed by atoms with E-state index < -0.39 is 0 Å². The van der Waals surface area contributed by atoms with Crippen molar-refractivity contribution in [2.75, 3.05) is 6.54 Å². The van der Waals surface area contributed by atoms with Crippen molar-refractivity contribution in [1.29, 1.82) is 0 Å². The minimum Gasteiger partial charge on any atom is -0.439 e. The predicted molar refractivity (Wildman–Crippen MR) is 70.0 cm³/mol. The Balaban J connectivity index is 2.05. The van der Waals surface area contributed by atoms with Gasteiger partial charge < -0.3 is 10.2 Å². The maximum absolute atomic E-state index is 13.2. The molecule has 0 atom stereocenters. The molecule has 2 N–H and O–H groups in total. The molecule has 0 bridgehead atoms. The highest BCUT2D eigenvalue weighted by atomic mass is 19.1. The Morgan fingerprint density at radius 3 is 2.89 bits per heavy atom. The number of hydrogen-bond acceptors (Lipinski definition) is 4. The summed E-state index contributed by atoms with van der Waals surface area (Å²) in [6.45, 7) is 0.476. The Hall–Kier alpha value is -2.27. The number of nitrogens with zero attached hydrogens (tertiary/aromatic N) is 2. The molecule has 0 aliphatic rings. The van der Waals surface area contributed by atoms with Gasteiger partial charge in [0.1, 0.15) is 5.82 Å². The SMILES string of the molecule is NCCc1nc2ncc(-c3cccc(F)c3)cc2o1. The van der Waals surface area contributed by atoms with Crippen LogP contribution in [-0.2, 0) is 6.42 Å². The minimum atomic E-state index is -0.279. The van der Waals surface area contributed by atoms with Crippen LogP contribution in [0, 0.1) is 5.82 Å². The molecular formula is C14H12FN3O. The standard InChI is InChI=1S/C14H12FN3O/c15-11-3-1-2-9(6-11)10-7-12-14(17-8-10)18-13(19-12)4-5-16/h1-3,6-8H,4-5,16H2. The van der Waals surface area contributed by atoms with Crippen molar-refractivity contribution in [3.8, 4) is 11.1 Å². The summed E-state index contributed by atoms with van der Waals surface area (Å²) >= 11 is 0. The molecule has 96 valence electrons. The third kappa shape index (κ3) is 2.32. The first-order valence-electron chi connectivity index (χ1n) is 5.98. The number of nitrogens with two attached hydrogens (primary N) is 1. The zero-order chi connectivity index (χ0) is 13.2. The molecule has 1 aromatic carbocycles. The van der Waals surface area contributed by atoms with Crippen LogP contribution in [0.15, 0.2) is 40.9 Å². The second-order valence-corrected chi connectivity index (χ2v) is 4.20. The lowest BCUT2D eigenvalue weighted by Gasteiger charge is -2.00. The van der Waals surface area contributed by atoms with Crippen LogP contribution in [0.25, 0.3) is 22.4 Å². The van der Waals surface area contributed by atoms with Crippen LogP contribution in [0.5, 0.6) is 0 Å². The maximum Gasteiger partial charge on any atom is 0.198 e. The molecule has 4 nitrogen and oxygen atoms in total. The van der Waals surface area contributed by atoms with Crippen molar-refractivity contribution < 1.29 is 8.81 Å². The molecular weight excluding hydrogens is 245 g/mol. The summed E-state index contributed by atoms with van der Waals surface area (Å²) in [5.74, 6) is 0.292. The average Bonchev–Trinajstić information content (AvgIpc) is 2.80. The molecule has 0 fully saturated rings. The number of rotatable bonds is 3. The largest absolute Gasteiger partial charge is 0.439 e. The maximum atomic E-state index is 13.2. The van der Waals surface area contributed by atoms with Gasteiger partial charge >= 0.3 is 0 Å². The lowest BCUT2D eigenvalue weighted by atomic mass is 10.1. The van der Waals surface area contributed by atoms with Crippen LogP contribution >= 0.6 is 0 Å². The Bertz CT molecular complexity index is 724. The van der Waals surface area contributed by atoms with Crippen LogP contribution in [-0.4, -0.2) is 16.5 Å². The van der Waals surface area contributed by atoms with E-state index in [0.29, 0.717) is 30.1 Å². The summed E-state index contributed by atoms with van der Waals surface area (Å²) in [6.07, 6.45) is 2.23. The van der Waals surface area contributed by atoms with E-state index in [4.69, 9.17) is 10.2 Å². The van der Waals surface area contributed by atoms with Gasteiger partial charge in [-0.2, -0.15) is 4.98 Å². The van der Waals surface area contributed by atoms with Crippen molar-refractivity contribution >= 4 is 11.2 Å². The van der Waals surface area contributed by atoms with Gasteiger partial charge in [-0.3, -0.25) is 0 Å². The monoisotopic (exact) mass is 257 g/mol. The van der Waals surface area contributed by atoms with E-state index in [1.807, 2.05) is 12.1 Å². The summed E-state index contributed by atoms with van der Waals surface area (Å²) in [6, 6.07) is 8.16. The van der Waals surface area contributed by atoms with Gasteiger partial charge in [0.05, 0.1) is 0 Å². The average molecular weight is 257 g/mol. The number of aromatic nitrogens is 2. The van der Waals surface area contributed by atoms with Gasteiger partial charge in [-0.1, -0.05) is 12.1 Å². The topological polar surface area (TPSA) is 64.9 Å². The molecule has 0 aliphatic carbocycles. The fourth-order valence-corrected chi connectivity index (χ4v) is 1.92. The Kier molecular flexibility index (Phi) is 2.97. The van der Waals surface area contributed by atoms with Crippen LogP contribution < -0.4 is 5.73 Å². The van der Waals surface area contributed by atoms with E-state index in [1.165, 1.54) is 12.1 Å². The van der Waals surface area contributed by atoms with Gasteiger partial charge in [0.25, 0.3) is 0 Å². The molecule has 0 amide bonds. The van der Waals surface area contributed by atoms with Crippen molar-refractivity contribution in [2.45, 2.75) is 6.42 Å². The Morgan fingerprint density at radius 2 is 2.11 bits per heavy atom. The van der Waals surface area contributed by atoms with Crippen molar-refractivity contribution in [3.63, 3.8) is 0 Å². The fourth-order valence-electron chi connectivity index (χ4n) is 1.92. The third-order valence-corrected chi connectivity index (χ3v) is 2.81. The van der Waals surface area contributed by atoms with Crippen LogP contribution in [0.2, 0.25) is 0 Å². The first-order chi connectivity index (χ1) is 9.26. The fraction of sp³-hybridized carbons (Fsp3) is 0.143. The highest BCUT2D eigenvalue weighted by molar-refractivity contribution is 5.76. The van der Waals surface area contributed by atoms with Gasteiger partial charge in [-0.15, -0.1) is 0 Å². The van der Waals surface area contributed by atoms with Gasteiger partial charge in [0.2, 0.25) is 0 Å². The van der Waals surface area contributed by atoms with Gasteiger partial charge in [0, 0.05) is 24.7 Å². The highest BCUT2D eigenvalue weighted by Crippen LogP contribution is 2.23. The summed E-state index contributed by atoms with van der Waals surface area (Å²) in [5.41, 5.74) is 8.14. The van der Waals surface area contributed by atoms with E-state index in [0.717, 1.165) is 11.1 Å². The van der Waals surface area contributed by atoms with Crippen LogP contribution in [0.3, 0.4) is 0 Å². The normalized spacial score (nSPS) is 11.1. The molecule has 19 heavy (non-hydrogen) atoms. The first-order valence-corrected chi connectivity index (χ1v) is 5.98.